The van der Waals surface area contributed by atoms with Gasteiger partial charge in [0.05, 0.1) is 0 Å². The quantitative estimate of drug-likeness (QED) is 0.632. The van der Waals surface area contributed by atoms with E-state index in [1.165, 1.54) is 23.8 Å². The Kier molecular flexibility index (Phi) is 6.99. The number of esters is 1. The van der Waals surface area contributed by atoms with Crippen LogP contribution in [-0.2, 0) is 14.3 Å². The van der Waals surface area contributed by atoms with E-state index >= 15 is 0 Å². The third kappa shape index (κ3) is 6.16. The van der Waals surface area contributed by atoms with Gasteiger partial charge in [0.25, 0.3) is 5.91 Å². The molecule has 6 nitrogen and oxygen atoms in total. The van der Waals surface area contributed by atoms with E-state index in [4.69, 9.17) is 4.74 Å². The van der Waals surface area contributed by atoms with Crippen LogP contribution in [0.2, 0.25) is 0 Å². The fourth-order valence-electron chi connectivity index (χ4n) is 2.62. The van der Waals surface area contributed by atoms with Crippen LogP contribution in [0.5, 0.6) is 0 Å². The fourth-order valence-corrected chi connectivity index (χ4v) is 3.24. The SMILES string of the molecule is C[C@@H]1CCCC[C@@H]1NC(=O)NC(=O)COC(=O)/C=C/c1cccs1. The lowest BCUT2D eigenvalue weighted by molar-refractivity contribution is -0.143. The van der Waals surface area contributed by atoms with Crippen LogP contribution in [-0.4, -0.2) is 30.6 Å². The first kappa shape index (κ1) is 18.2. The van der Waals surface area contributed by atoms with Crippen LogP contribution in [0.1, 0.15) is 37.5 Å². The average Bonchev–Trinajstić information content (AvgIpc) is 3.06. The van der Waals surface area contributed by atoms with Crippen LogP contribution >= 0.6 is 11.3 Å². The molecule has 0 aliphatic heterocycles. The highest BCUT2D eigenvalue weighted by atomic mass is 32.1. The van der Waals surface area contributed by atoms with E-state index in [-0.39, 0.29) is 6.04 Å². The summed E-state index contributed by atoms with van der Waals surface area (Å²) in [6.07, 6.45) is 7.12. The first-order valence-corrected chi connectivity index (χ1v) is 8.91. The van der Waals surface area contributed by atoms with Gasteiger partial charge in [-0.1, -0.05) is 25.8 Å². The topological polar surface area (TPSA) is 84.5 Å². The number of rotatable bonds is 5. The molecule has 0 bridgehead atoms. The molecular weight excluding hydrogens is 328 g/mol. The van der Waals surface area contributed by atoms with E-state index in [9.17, 15) is 14.4 Å². The van der Waals surface area contributed by atoms with E-state index in [0.29, 0.717) is 5.92 Å². The lowest BCUT2D eigenvalue weighted by atomic mass is 9.86. The van der Waals surface area contributed by atoms with Crippen molar-refractivity contribution >= 4 is 35.3 Å². The maximum absolute atomic E-state index is 11.8. The van der Waals surface area contributed by atoms with Crippen molar-refractivity contribution in [2.75, 3.05) is 6.61 Å². The van der Waals surface area contributed by atoms with Gasteiger partial charge in [-0.05, 0) is 36.3 Å². The maximum atomic E-state index is 11.8. The zero-order chi connectivity index (χ0) is 17.4. The van der Waals surface area contributed by atoms with Gasteiger partial charge in [-0.3, -0.25) is 10.1 Å². The van der Waals surface area contributed by atoms with Crippen LogP contribution in [0.25, 0.3) is 6.08 Å². The fraction of sp³-hybridized carbons (Fsp3) is 0.471. The maximum Gasteiger partial charge on any atom is 0.331 e. The van der Waals surface area contributed by atoms with Crippen LogP contribution in [0.4, 0.5) is 4.79 Å². The molecule has 0 unspecified atom stereocenters. The summed E-state index contributed by atoms with van der Waals surface area (Å²) in [5, 5.41) is 6.88. The second-order valence-corrected chi connectivity index (χ2v) is 6.83. The van der Waals surface area contributed by atoms with Crippen molar-refractivity contribution in [2.24, 2.45) is 5.92 Å². The molecule has 1 saturated carbocycles. The molecular formula is C17H22N2O4S. The molecule has 2 rings (SSSR count). The number of imide groups is 1. The first-order chi connectivity index (χ1) is 11.5. The Bertz CT molecular complexity index is 598. The molecule has 1 heterocycles. The molecule has 2 N–H and O–H groups in total. The van der Waals surface area contributed by atoms with E-state index in [1.807, 2.05) is 17.5 Å². The van der Waals surface area contributed by atoms with E-state index in [0.717, 1.165) is 24.1 Å². The van der Waals surface area contributed by atoms with Crippen LogP contribution in [0.3, 0.4) is 0 Å². The van der Waals surface area contributed by atoms with Gasteiger partial charge in [0.15, 0.2) is 6.61 Å². The third-order valence-electron chi connectivity index (χ3n) is 3.95. The van der Waals surface area contributed by atoms with Crippen molar-refractivity contribution in [3.63, 3.8) is 0 Å². The Morgan fingerprint density at radius 1 is 1.33 bits per heavy atom. The van der Waals surface area contributed by atoms with Gasteiger partial charge >= 0.3 is 12.0 Å². The molecule has 2 atom stereocenters. The van der Waals surface area contributed by atoms with Crippen molar-refractivity contribution in [1.82, 2.24) is 10.6 Å². The monoisotopic (exact) mass is 350 g/mol. The summed E-state index contributed by atoms with van der Waals surface area (Å²) in [5.41, 5.74) is 0. The smallest absolute Gasteiger partial charge is 0.331 e. The molecule has 1 aromatic rings. The van der Waals surface area contributed by atoms with E-state index in [1.54, 1.807) is 6.08 Å². The number of ether oxygens (including phenoxy) is 1. The third-order valence-corrected chi connectivity index (χ3v) is 4.79. The lowest BCUT2D eigenvalue weighted by Crippen LogP contribution is -2.48. The second kappa shape index (κ2) is 9.22. The predicted octanol–water partition coefficient (Wildman–Crippen LogP) is 2.71. The standard InChI is InChI=1S/C17H22N2O4S/c1-12-5-2-3-7-14(12)18-17(22)19-15(20)11-23-16(21)9-8-13-6-4-10-24-13/h4,6,8-10,12,14H,2-3,5,7,11H2,1H3,(H2,18,19,20,22)/b9-8+/t12-,14+/m1/s1. The number of carbonyl (C=O) groups excluding carboxylic acids is 3. The summed E-state index contributed by atoms with van der Waals surface area (Å²) < 4.78 is 4.80. The van der Waals surface area contributed by atoms with Gasteiger partial charge in [0.1, 0.15) is 0 Å². The largest absolute Gasteiger partial charge is 0.452 e. The number of thiophene rings is 1. The van der Waals surface area contributed by atoms with Gasteiger partial charge in [0.2, 0.25) is 0 Å². The first-order valence-electron chi connectivity index (χ1n) is 8.03. The summed E-state index contributed by atoms with van der Waals surface area (Å²) in [7, 11) is 0. The van der Waals surface area contributed by atoms with E-state index < -0.39 is 24.5 Å². The summed E-state index contributed by atoms with van der Waals surface area (Å²) in [6.45, 7) is 1.61. The number of hydrogen-bond acceptors (Lipinski definition) is 5. The second-order valence-electron chi connectivity index (χ2n) is 5.85. The lowest BCUT2D eigenvalue weighted by Gasteiger charge is -2.29. The molecule has 7 heteroatoms. The minimum atomic E-state index is -0.645. The number of nitrogens with one attached hydrogen (secondary N) is 2. The highest BCUT2D eigenvalue weighted by molar-refractivity contribution is 7.10. The summed E-state index contributed by atoms with van der Waals surface area (Å²) >= 11 is 1.49. The Morgan fingerprint density at radius 3 is 2.83 bits per heavy atom. The number of urea groups is 1. The number of carbonyl (C=O) groups is 3. The summed E-state index contributed by atoms with van der Waals surface area (Å²) in [4.78, 5) is 35.9. The van der Waals surface area contributed by atoms with Crippen LogP contribution in [0, 0.1) is 5.92 Å². The normalized spacial score (nSPS) is 20.5. The zero-order valence-corrected chi connectivity index (χ0v) is 14.4. The summed E-state index contributed by atoms with van der Waals surface area (Å²) in [5.74, 6) is -0.867. The molecule has 1 aliphatic carbocycles. The van der Waals surface area contributed by atoms with Crippen molar-refractivity contribution in [3.05, 3.63) is 28.5 Å². The highest BCUT2D eigenvalue weighted by Gasteiger charge is 2.23. The predicted molar refractivity (Wildman–Crippen MR) is 92.4 cm³/mol. The van der Waals surface area contributed by atoms with Gasteiger partial charge in [-0.25, -0.2) is 9.59 Å². The molecule has 130 valence electrons. The molecule has 1 aromatic heterocycles. The van der Waals surface area contributed by atoms with E-state index in [2.05, 4.69) is 17.6 Å². The molecule has 3 amide bonds. The number of amides is 3. The van der Waals surface area contributed by atoms with Gasteiger partial charge in [-0.15, -0.1) is 11.3 Å². The Hall–Kier alpha value is -2.15. The minimum Gasteiger partial charge on any atom is -0.452 e. The minimum absolute atomic E-state index is 0.0860. The molecule has 1 fully saturated rings. The average molecular weight is 350 g/mol. The Labute approximate surface area is 145 Å². The molecule has 0 spiro atoms. The van der Waals surface area contributed by atoms with Crippen molar-refractivity contribution in [3.8, 4) is 0 Å². The Morgan fingerprint density at radius 2 is 2.12 bits per heavy atom. The molecule has 1 aliphatic rings. The van der Waals surface area contributed by atoms with Crippen molar-refractivity contribution in [1.29, 1.82) is 0 Å². The van der Waals surface area contributed by atoms with Gasteiger partial charge < -0.3 is 10.1 Å². The molecule has 0 radical (unpaired) electrons. The van der Waals surface area contributed by atoms with Crippen molar-refractivity contribution < 1.29 is 19.1 Å². The van der Waals surface area contributed by atoms with Crippen molar-refractivity contribution in [2.45, 2.75) is 38.6 Å². The Balaban J connectivity index is 1.66. The number of hydrogen-bond donors (Lipinski definition) is 2. The zero-order valence-electron chi connectivity index (χ0n) is 13.6. The molecule has 0 aromatic carbocycles. The molecule has 24 heavy (non-hydrogen) atoms. The highest BCUT2D eigenvalue weighted by Crippen LogP contribution is 2.23. The summed E-state index contributed by atoms with van der Waals surface area (Å²) in [6, 6.07) is 3.28. The van der Waals surface area contributed by atoms with Crippen LogP contribution in [0.15, 0.2) is 23.6 Å². The van der Waals surface area contributed by atoms with Gasteiger partial charge in [-0.2, -0.15) is 0 Å². The van der Waals surface area contributed by atoms with Gasteiger partial charge in [0, 0.05) is 17.0 Å². The molecule has 0 saturated heterocycles. The van der Waals surface area contributed by atoms with Crippen LogP contribution < -0.4 is 10.6 Å².